The minimum Gasteiger partial charge on any atom is -0.378 e. The van der Waals surface area contributed by atoms with Crippen LogP contribution in [0.25, 0.3) is 0 Å². The zero-order valence-corrected chi connectivity index (χ0v) is 8.45. The van der Waals surface area contributed by atoms with Gasteiger partial charge in [-0.05, 0) is 26.7 Å². The van der Waals surface area contributed by atoms with Crippen LogP contribution in [0, 0.1) is 0 Å². The first-order valence-electron chi connectivity index (χ1n) is 5.23. The van der Waals surface area contributed by atoms with Crippen molar-refractivity contribution < 1.29 is 9.47 Å². The molecule has 2 rings (SSSR count). The molecular weight excluding hydrogens is 166 g/mol. The molecule has 2 aliphatic rings. The van der Waals surface area contributed by atoms with Gasteiger partial charge in [-0.15, -0.1) is 0 Å². The fourth-order valence-corrected chi connectivity index (χ4v) is 2.21. The van der Waals surface area contributed by atoms with Crippen LogP contribution in [0.5, 0.6) is 0 Å². The Hall–Kier alpha value is -0.120. The van der Waals surface area contributed by atoms with Crippen LogP contribution in [0.3, 0.4) is 0 Å². The third kappa shape index (κ3) is 2.42. The van der Waals surface area contributed by atoms with E-state index in [2.05, 4.69) is 19.2 Å². The van der Waals surface area contributed by atoms with Gasteiger partial charge in [0.1, 0.15) is 0 Å². The maximum absolute atomic E-state index is 5.68. The van der Waals surface area contributed by atoms with Crippen molar-refractivity contribution in [3.63, 3.8) is 0 Å². The number of rotatable bonds is 2. The van der Waals surface area contributed by atoms with Crippen LogP contribution in [0.2, 0.25) is 0 Å². The topological polar surface area (TPSA) is 30.5 Å². The first kappa shape index (κ1) is 9.44. The van der Waals surface area contributed by atoms with Crippen molar-refractivity contribution in [3.05, 3.63) is 0 Å². The smallest absolute Gasteiger partial charge is 0.0643 e. The summed E-state index contributed by atoms with van der Waals surface area (Å²) in [6.45, 7) is 6.09. The molecule has 2 heterocycles. The molecule has 0 saturated carbocycles. The molecule has 0 aromatic carbocycles. The third-order valence-corrected chi connectivity index (χ3v) is 2.81. The van der Waals surface area contributed by atoms with Gasteiger partial charge in [0.15, 0.2) is 0 Å². The van der Waals surface area contributed by atoms with E-state index in [0.717, 1.165) is 26.1 Å². The average molecular weight is 185 g/mol. The highest BCUT2D eigenvalue weighted by molar-refractivity contribution is 4.84. The van der Waals surface area contributed by atoms with Crippen molar-refractivity contribution in [1.29, 1.82) is 0 Å². The minimum absolute atomic E-state index is 0.405. The fraction of sp³-hybridized carbons (Fsp3) is 1.00. The number of hydrogen-bond acceptors (Lipinski definition) is 3. The highest BCUT2D eigenvalue weighted by atomic mass is 16.5. The molecule has 3 nitrogen and oxygen atoms in total. The molecule has 0 aliphatic carbocycles. The van der Waals surface area contributed by atoms with E-state index in [4.69, 9.17) is 9.47 Å². The zero-order valence-electron chi connectivity index (χ0n) is 8.45. The summed E-state index contributed by atoms with van der Waals surface area (Å²) < 4.78 is 10.8. The molecule has 76 valence electrons. The second-order valence-electron chi connectivity index (χ2n) is 4.33. The number of ether oxygens (including phenoxy) is 2. The van der Waals surface area contributed by atoms with Crippen LogP contribution < -0.4 is 5.32 Å². The van der Waals surface area contributed by atoms with Crippen molar-refractivity contribution >= 4 is 0 Å². The van der Waals surface area contributed by atoms with Crippen molar-refractivity contribution in [2.24, 2.45) is 0 Å². The SMILES string of the molecule is CC1CC(NC2COC2)CC(C)O1. The molecule has 0 aromatic rings. The van der Waals surface area contributed by atoms with E-state index in [1.807, 2.05) is 0 Å². The van der Waals surface area contributed by atoms with Gasteiger partial charge in [0.25, 0.3) is 0 Å². The summed E-state index contributed by atoms with van der Waals surface area (Å²) in [5.74, 6) is 0. The van der Waals surface area contributed by atoms with Crippen LogP contribution in [-0.4, -0.2) is 37.5 Å². The lowest BCUT2D eigenvalue weighted by atomic mass is 9.99. The first-order valence-corrected chi connectivity index (χ1v) is 5.23. The summed E-state index contributed by atoms with van der Waals surface area (Å²) in [6.07, 6.45) is 3.09. The van der Waals surface area contributed by atoms with Crippen LogP contribution in [0.15, 0.2) is 0 Å². The summed E-state index contributed by atoms with van der Waals surface area (Å²) in [5, 5.41) is 3.61. The molecule has 0 radical (unpaired) electrons. The summed E-state index contributed by atoms with van der Waals surface area (Å²) in [7, 11) is 0. The zero-order chi connectivity index (χ0) is 9.26. The molecular formula is C10H19NO2. The van der Waals surface area contributed by atoms with E-state index in [1.165, 1.54) is 0 Å². The molecule has 1 N–H and O–H groups in total. The molecule has 2 saturated heterocycles. The van der Waals surface area contributed by atoms with E-state index in [1.54, 1.807) is 0 Å². The molecule has 2 atom stereocenters. The second-order valence-corrected chi connectivity index (χ2v) is 4.33. The predicted molar refractivity (Wildman–Crippen MR) is 50.8 cm³/mol. The Kier molecular flexibility index (Phi) is 2.86. The van der Waals surface area contributed by atoms with E-state index in [0.29, 0.717) is 24.3 Å². The summed E-state index contributed by atoms with van der Waals surface area (Å²) >= 11 is 0. The van der Waals surface area contributed by atoms with Crippen LogP contribution in [0.4, 0.5) is 0 Å². The summed E-state index contributed by atoms with van der Waals surface area (Å²) in [5.41, 5.74) is 0. The number of hydrogen-bond donors (Lipinski definition) is 1. The lowest BCUT2D eigenvalue weighted by molar-refractivity contribution is -0.0598. The summed E-state index contributed by atoms with van der Waals surface area (Å²) in [4.78, 5) is 0. The van der Waals surface area contributed by atoms with E-state index in [-0.39, 0.29) is 0 Å². The Balaban J connectivity index is 1.77. The molecule has 0 spiro atoms. The minimum atomic E-state index is 0.405. The van der Waals surface area contributed by atoms with Crippen LogP contribution in [-0.2, 0) is 9.47 Å². The van der Waals surface area contributed by atoms with Gasteiger partial charge in [-0.25, -0.2) is 0 Å². The molecule has 3 heteroatoms. The van der Waals surface area contributed by atoms with Crippen molar-refractivity contribution in [1.82, 2.24) is 5.32 Å². The normalized spacial score (nSPS) is 41.5. The molecule has 0 bridgehead atoms. The van der Waals surface area contributed by atoms with Gasteiger partial charge in [-0.3, -0.25) is 0 Å². The average Bonchev–Trinajstić information content (AvgIpc) is 1.95. The Labute approximate surface area is 79.8 Å². The molecule has 0 aromatic heterocycles. The molecule has 2 aliphatic heterocycles. The lowest BCUT2D eigenvalue weighted by Gasteiger charge is -2.37. The number of nitrogens with one attached hydrogen (secondary N) is 1. The highest BCUT2D eigenvalue weighted by Crippen LogP contribution is 2.20. The molecule has 2 unspecified atom stereocenters. The first-order chi connectivity index (χ1) is 6.24. The van der Waals surface area contributed by atoms with Crippen LogP contribution >= 0.6 is 0 Å². The predicted octanol–water partition coefficient (Wildman–Crippen LogP) is 0.931. The van der Waals surface area contributed by atoms with Gasteiger partial charge < -0.3 is 14.8 Å². The Morgan fingerprint density at radius 1 is 1.00 bits per heavy atom. The lowest BCUT2D eigenvalue weighted by Crippen LogP contribution is -2.53. The van der Waals surface area contributed by atoms with Crippen molar-refractivity contribution in [2.45, 2.75) is 51.0 Å². The van der Waals surface area contributed by atoms with E-state index >= 15 is 0 Å². The van der Waals surface area contributed by atoms with Crippen molar-refractivity contribution in [2.75, 3.05) is 13.2 Å². The standard InChI is InChI=1S/C10H19NO2/c1-7-3-9(4-8(2)13-7)11-10-5-12-6-10/h7-11H,3-6H2,1-2H3. The van der Waals surface area contributed by atoms with Gasteiger partial charge >= 0.3 is 0 Å². The quantitative estimate of drug-likeness (QED) is 0.694. The van der Waals surface area contributed by atoms with Crippen molar-refractivity contribution in [3.8, 4) is 0 Å². The summed E-state index contributed by atoms with van der Waals surface area (Å²) in [6, 6.07) is 1.23. The largest absolute Gasteiger partial charge is 0.378 e. The second kappa shape index (κ2) is 3.95. The monoisotopic (exact) mass is 185 g/mol. The van der Waals surface area contributed by atoms with Gasteiger partial charge in [-0.2, -0.15) is 0 Å². The Morgan fingerprint density at radius 3 is 2.08 bits per heavy atom. The molecule has 2 fully saturated rings. The Bertz CT molecular complexity index is 160. The molecule has 13 heavy (non-hydrogen) atoms. The van der Waals surface area contributed by atoms with E-state index in [9.17, 15) is 0 Å². The maximum atomic E-state index is 5.68. The Morgan fingerprint density at radius 2 is 1.62 bits per heavy atom. The maximum Gasteiger partial charge on any atom is 0.0643 e. The van der Waals surface area contributed by atoms with Crippen LogP contribution in [0.1, 0.15) is 26.7 Å². The van der Waals surface area contributed by atoms with E-state index < -0.39 is 0 Å². The van der Waals surface area contributed by atoms with Gasteiger partial charge in [-0.1, -0.05) is 0 Å². The highest BCUT2D eigenvalue weighted by Gasteiger charge is 2.28. The molecule has 0 amide bonds. The van der Waals surface area contributed by atoms with Gasteiger partial charge in [0, 0.05) is 6.04 Å². The van der Waals surface area contributed by atoms with Gasteiger partial charge in [0.2, 0.25) is 0 Å². The van der Waals surface area contributed by atoms with Gasteiger partial charge in [0.05, 0.1) is 31.5 Å². The third-order valence-electron chi connectivity index (χ3n) is 2.81. The fourth-order valence-electron chi connectivity index (χ4n) is 2.21.